The standard InChI is InChI=1S/C11H17N3O3S/c1-17-14-7-6-13-8-11(14)18(15,16)10-4-2-9(12)3-5-10/h2-5,11,13H,6-8,12H2,1H3. The van der Waals surface area contributed by atoms with Gasteiger partial charge >= 0.3 is 0 Å². The predicted molar refractivity (Wildman–Crippen MR) is 68.4 cm³/mol. The summed E-state index contributed by atoms with van der Waals surface area (Å²) in [5, 5.41) is 3.84. The zero-order valence-corrected chi connectivity index (χ0v) is 11.0. The van der Waals surface area contributed by atoms with Crippen molar-refractivity contribution in [3.8, 4) is 0 Å². The third-order valence-corrected chi connectivity index (χ3v) is 5.00. The van der Waals surface area contributed by atoms with Crippen LogP contribution in [0.15, 0.2) is 29.2 Å². The quantitative estimate of drug-likeness (QED) is 0.743. The molecule has 1 aromatic rings. The van der Waals surface area contributed by atoms with Gasteiger partial charge in [0, 0.05) is 25.3 Å². The van der Waals surface area contributed by atoms with Gasteiger partial charge in [0.25, 0.3) is 0 Å². The molecular weight excluding hydrogens is 254 g/mol. The minimum Gasteiger partial charge on any atom is -0.399 e. The molecule has 6 nitrogen and oxygen atoms in total. The fourth-order valence-electron chi connectivity index (χ4n) is 1.95. The van der Waals surface area contributed by atoms with Crippen LogP contribution in [0.25, 0.3) is 0 Å². The van der Waals surface area contributed by atoms with E-state index in [4.69, 9.17) is 10.6 Å². The van der Waals surface area contributed by atoms with E-state index in [0.29, 0.717) is 25.3 Å². The maximum absolute atomic E-state index is 12.5. The summed E-state index contributed by atoms with van der Waals surface area (Å²) in [5.74, 6) is 0. The lowest BCUT2D eigenvalue weighted by Crippen LogP contribution is -2.54. The summed E-state index contributed by atoms with van der Waals surface area (Å²) >= 11 is 0. The molecule has 1 aliphatic rings. The number of anilines is 1. The van der Waals surface area contributed by atoms with Crippen molar-refractivity contribution in [2.24, 2.45) is 0 Å². The van der Waals surface area contributed by atoms with Gasteiger partial charge in [-0.15, -0.1) is 0 Å². The number of nitrogens with one attached hydrogen (secondary N) is 1. The summed E-state index contributed by atoms with van der Waals surface area (Å²) in [4.78, 5) is 5.38. The lowest BCUT2D eigenvalue weighted by Gasteiger charge is -2.33. The van der Waals surface area contributed by atoms with Gasteiger partial charge in [0.1, 0.15) is 0 Å². The number of hydrogen-bond acceptors (Lipinski definition) is 6. The Balaban J connectivity index is 2.32. The molecule has 1 saturated heterocycles. The summed E-state index contributed by atoms with van der Waals surface area (Å²) in [6.07, 6.45) is 0. The zero-order valence-electron chi connectivity index (χ0n) is 10.2. The SMILES string of the molecule is CON1CCNCC1S(=O)(=O)c1ccc(N)cc1. The van der Waals surface area contributed by atoms with Crippen LogP contribution < -0.4 is 11.1 Å². The molecule has 1 fully saturated rings. The van der Waals surface area contributed by atoms with Crippen LogP contribution in [0.4, 0.5) is 5.69 Å². The van der Waals surface area contributed by atoms with Gasteiger partial charge in [0.05, 0.1) is 12.0 Å². The van der Waals surface area contributed by atoms with E-state index in [0.717, 1.165) is 0 Å². The van der Waals surface area contributed by atoms with Crippen LogP contribution in [0.5, 0.6) is 0 Å². The van der Waals surface area contributed by atoms with Crippen molar-refractivity contribution in [2.75, 3.05) is 32.5 Å². The van der Waals surface area contributed by atoms with Crippen LogP contribution in [-0.4, -0.2) is 45.6 Å². The van der Waals surface area contributed by atoms with E-state index in [1.54, 1.807) is 12.1 Å². The first kappa shape index (κ1) is 13.3. The van der Waals surface area contributed by atoms with Crippen LogP contribution in [0.2, 0.25) is 0 Å². The summed E-state index contributed by atoms with van der Waals surface area (Å²) in [6, 6.07) is 6.21. The number of benzene rings is 1. The van der Waals surface area contributed by atoms with E-state index in [9.17, 15) is 8.42 Å². The minimum absolute atomic E-state index is 0.257. The Morgan fingerprint density at radius 1 is 1.39 bits per heavy atom. The van der Waals surface area contributed by atoms with Crippen LogP contribution in [0.1, 0.15) is 0 Å². The smallest absolute Gasteiger partial charge is 0.197 e. The Morgan fingerprint density at radius 2 is 2.06 bits per heavy atom. The largest absolute Gasteiger partial charge is 0.399 e. The first-order chi connectivity index (χ1) is 8.55. The van der Waals surface area contributed by atoms with Crippen molar-refractivity contribution < 1.29 is 13.3 Å². The average Bonchev–Trinajstić information content (AvgIpc) is 2.39. The molecule has 0 aromatic heterocycles. The van der Waals surface area contributed by atoms with Crippen molar-refractivity contribution in [3.05, 3.63) is 24.3 Å². The van der Waals surface area contributed by atoms with Gasteiger partial charge in [0.15, 0.2) is 15.2 Å². The molecular formula is C11H17N3O3S. The first-order valence-electron chi connectivity index (χ1n) is 5.66. The second-order valence-electron chi connectivity index (χ2n) is 4.10. The normalized spacial score (nSPS) is 21.9. The van der Waals surface area contributed by atoms with Crippen molar-refractivity contribution in [3.63, 3.8) is 0 Å². The topological polar surface area (TPSA) is 84.7 Å². The molecule has 1 heterocycles. The highest BCUT2D eigenvalue weighted by Crippen LogP contribution is 2.21. The van der Waals surface area contributed by atoms with E-state index in [2.05, 4.69) is 5.32 Å². The minimum atomic E-state index is -3.46. The Bertz CT molecular complexity index is 501. The van der Waals surface area contributed by atoms with Gasteiger partial charge in [-0.1, -0.05) is 0 Å². The summed E-state index contributed by atoms with van der Waals surface area (Å²) in [5.41, 5.74) is 6.10. The molecule has 0 spiro atoms. The van der Waals surface area contributed by atoms with Gasteiger partial charge in [-0.2, -0.15) is 5.06 Å². The molecule has 0 amide bonds. The molecule has 0 bridgehead atoms. The van der Waals surface area contributed by atoms with E-state index < -0.39 is 15.2 Å². The number of hydrogen-bond donors (Lipinski definition) is 2. The third-order valence-electron chi connectivity index (χ3n) is 2.95. The average molecular weight is 271 g/mol. The number of nitrogens with zero attached hydrogens (tertiary/aromatic N) is 1. The van der Waals surface area contributed by atoms with Crippen molar-refractivity contribution in [1.29, 1.82) is 0 Å². The molecule has 18 heavy (non-hydrogen) atoms. The molecule has 0 aliphatic carbocycles. The molecule has 0 radical (unpaired) electrons. The Morgan fingerprint density at radius 3 is 2.67 bits per heavy atom. The maximum Gasteiger partial charge on any atom is 0.197 e. The van der Waals surface area contributed by atoms with Crippen LogP contribution >= 0.6 is 0 Å². The Hall–Kier alpha value is -1.15. The summed E-state index contributed by atoms with van der Waals surface area (Å²) in [7, 11) is -1.97. The van der Waals surface area contributed by atoms with Gasteiger partial charge in [-0.05, 0) is 24.3 Å². The third kappa shape index (κ3) is 2.49. The fourth-order valence-corrected chi connectivity index (χ4v) is 3.62. The van der Waals surface area contributed by atoms with Crippen LogP contribution in [0.3, 0.4) is 0 Å². The molecule has 1 unspecified atom stereocenters. The van der Waals surface area contributed by atoms with Crippen LogP contribution in [0, 0.1) is 0 Å². The lowest BCUT2D eigenvalue weighted by atomic mass is 10.3. The van der Waals surface area contributed by atoms with Crippen molar-refractivity contribution in [2.45, 2.75) is 10.3 Å². The highest BCUT2D eigenvalue weighted by molar-refractivity contribution is 7.92. The number of piperazine rings is 1. The van der Waals surface area contributed by atoms with Gasteiger partial charge in [-0.3, -0.25) is 0 Å². The van der Waals surface area contributed by atoms with Gasteiger partial charge in [-0.25, -0.2) is 8.42 Å². The fraction of sp³-hybridized carbons (Fsp3) is 0.455. The number of nitrogen functional groups attached to an aromatic ring is 1. The van der Waals surface area contributed by atoms with Crippen molar-refractivity contribution in [1.82, 2.24) is 10.4 Å². The number of nitrogens with two attached hydrogens (primary N) is 1. The first-order valence-corrected chi connectivity index (χ1v) is 7.21. The van der Waals surface area contributed by atoms with Crippen LogP contribution in [-0.2, 0) is 14.7 Å². The lowest BCUT2D eigenvalue weighted by molar-refractivity contribution is -0.148. The van der Waals surface area contributed by atoms with E-state index in [1.165, 1.54) is 24.3 Å². The molecule has 100 valence electrons. The highest BCUT2D eigenvalue weighted by Gasteiger charge is 2.35. The Labute approximate surface area is 107 Å². The molecule has 1 atom stereocenters. The highest BCUT2D eigenvalue weighted by atomic mass is 32.2. The monoisotopic (exact) mass is 271 g/mol. The second kappa shape index (κ2) is 5.23. The molecule has 7 heteroatoms. The van der Waals surface area contributed by atoms with Gasteiger partial charge < -0.3 is 15.9 Å². The molecule has 0 saturated carbocycles. The zero-order chi connectivity index (χ0) is 13.2. The number of rotatable bonds is 3. The van der Waals surface area contributed by atoms with E-state index >= 15 is 0 Å². The number of hydroxylamine groups is 2. The second-order valence-corrected chi connectivity index (χ2v) is 6.20. The molecule has 2 rings (SSSR count). The molecule has 3 N–H and O–H groups in total. The molecule has 1 aliphatic heterocycles. The van der Waals surface area contributed by atoms with E-state index in [1.807, 2.05) is 0 Å². The summed E-state index contributed by atoms with van der Waals surface area (Å²) < 4.78 is 24.9. The number of sulfone groups is 1. The maximum atomic E-state index is 12.5. The predicted octanol–water partition coefficient (Wildman–Crippen LogP) is -0.165. The van der Waals surface area contributed by atoms with Crippen molar-refractivity contribution >= 4 is 15.5 Å². The van der Waals surface area contributed by atoms with E-state index in [-0.39, 0.29) is 4.90 Å². The molecule has 1 aromatic carbocycles. The summed E-state index contributed by atoms with van der Waals surface area (Å²) in [6.45, 7) is 1.59. The van der Waals surface area contributed by atoms with Gasteiger partial charge in [0.2, 0.25) is 0 Å². The Kier molecular flexibility index (Phi) is 3.86.